The van der Waals surface area contributed by atoms with Crippen LogP contribution in [0.25, 0.3) is 0 Å². The predicted molar refractivity (Wildman–Crippen MR) is 65.0 cm³/mol. The average Bonchev–Trinajstić information content (AvgIpc) is 2.60. The average molecular weight is 210 g/mol. The van der Waals surface area contributed by atoms with Crippen molar-refractivity contribution < 1.29 is 0 Å². The van der Waals surface area contributed by atoms with E-state index >= 15 is 0 Å². The van der Waals surface area contributed by atoms with Crippen LogP contribution >= 0.6 is 0 Å². The van der Waals surface area contributed by atoms with E-state index in [9.17, 15) is 0 Å². The number of hydrogen-bond donors (Lipinski definition) is 0. The van der Waals surface area contributed by atoms with Crippen molar-refractivity contribution in [3.05, 3.63) is 0 Å². The maximum Gasteiger partial charge on any atom is 0.0153 e. The van der Waals surface area contributed by atoms with Crippen molar-refractivity contribution in [3.63, 3.8) is 0 Å². The minimum atomic E-state index is 0.428. The lowest BCUT2D eigenvalue weighted by Gasteiger charge is -2.36. The Labute approximate surface area is 94.6 Å². The van der Waals surface area contributed by atoms with Gasteiger partial charge in [-0.2, -0.15) is 0 Å². The van der Waals surface area contributed by atoms with E-state index < -0.39 is 0 Å². The van der Waals surface area contributed by atoms with E-state index in [0.29, 0.717) is 5.54 Å². The van der Waals surface area contributed by atoms with Crippen molar-refractivity contribution in [2.45, 2.75) is 39.2 Å². The molecule has 0 N–H and O–H groups in total. The molecule has 2 aliphatic rings. The summed E-state index contributed by atoms with van der Waals surface area (Å²) in [5, 5.41) is 0. The molecule has 0 aliphatic carbocycles. The number of likely N-dealkylation sites (tertiary alicyclic amines) is 2. The molecule has 2 nitrogen and oxygen atoms in total. The summed E-state index contributed by atoms with van der Waals surface area (Å²) in [6.45, 7) is 12.5. The van der Waals surface area contributed by atoms with Crippen molar-refractivity contribution in [1.82, 2.24) is 9.80 Å². The Hall–Kier alpha value is -0.0800. The topological polar surface area (TPSA) is 6.48 Å². The van der Waals surface area contributed by atoms with Gasteiger partial charge >= 0.3 is 0 Å². The molecule has 2 heterocycles. The third kappa shape index (κ3) is 2.21. The van der Waals surface area contributed by atoms with Crippen LogP contribution in [0.15, 0.2) is 0 Å². The van der Waals surface area contributed by atoms with Crippen LogP contribution in [0.1, 0.15) is 33.6 Å². The van der Waals surface area contributed by atoms with E-state index in [1.807, 2.05) is 0 Å². The van der Waals surface area contributed by atoms with Crippen LogP contribution in [0.2, 0.25) is 0 Å². The summed E-state index contributed by atoms with van der Waals surface area (Å²) in [5.74, 6) is 1.90. The Morgan fingerprint density at radius 1 is 1.07 bits per heavy atom. The van der Waals surface area contributed by atoms with Crippen LogP contribution in [0.3, 0.4) is 0 Å². The van der Waals surface area contributed by atoms with E-state index in [1.54, 1.807) is 0 Å². The molecule has 2 unspecified atom stereocenters. The van der Waals surface area contributed by atoms with E-state index in [2.05, 4.69) is 37.6 Å². The first-order chi connectivity index (χ1) is 7.03. The summed E-state index contributed by atoms with van der Waals surface area (Å²) in [7, 11) is 2.26. The second-order valence-corrected chi connectivity index (χ2v) is 6.21. The minimum Gasteiger partial charge on any atom is -0.306 e. The van der Waals surface area contributed by atoms with Crippen LogP contribution in [-0.2, 0) is 0 Å². The molecule has 2 fully saturated rings. The van der Waals surface area contributed by atoms with Crippen LogP contribution in [0, 0.1) is 11.8 Å². The molecule has 0 aromatic heterocycles. The molecule has 88 valence electrons. The quantitative estimate of drug-likeness (QED) is 0.703. The largest absolute Gasteiger partial charge is 0.306 e. The monoisotopic (exact) mass is 210 g/mol. The Kier molecular flexibility index (Phi) is 3.09. The molecular formula is C13H26N2. The van der Waals surface area contributed by atoms with Gasteiger partial charge in [-0.15, -0.1) is 0 Å². The summed E-state index contributed by atoms with van der Waals surface area (Å²) in [5.41, 5.74) is 0.428. The summed E-state index contributed by atoms with van der Waals surface area (Å²) in [6, 6.07) is 0. The molecule has 15 heavy (non-hydrogen) atoms. The fraction of sp³-hybridized carbons (Fsp3) is 1.00. The summed E-state index contributed by atoms with van der Waals surface area (Å²) in [4.78, 5) is 5.23. The lowest BCUT2D eigenvalue weighted by atomic mass is 9.97. The molecule has 0 aromatic carbocycles. The number of hydrogen-bond acceptors (Lipinski definition) is 2. The summed E-state index contributed by atoms with van der Waals surface area (Å²) in [6.07, 6.45) is 2.64. The zero-order valence-electron chi connectivity index (χ0n) is 10.8. The van der Waals surface area contributed by atoms with Gasteiger partial charge in [0.15, 0.2) is 0 Å². The van der Waals surface area contributed by atoms with Crippen molar-refractivity contribution in [3.8, 4) is 0 Å². The Morgan fingerprint density at radius 3 is 2.07 bits per heavy atom. The van der Waals surface area contributed by atoms with Gasteiger partial charge < -0.3 is 4.90 Å². The molecule has 2 rings (SSSR count). The highest BCUT2D eigenvalue weighted by Gasteiger charge is 2.42. The second kappa shape index (κ2) is 4.06. The van der Waals surface area contributed by atoms with E-state index in [0.717, 1.165) is 11.8 Å². The number of rotatable bonds is 3. The maximum atomic E-state index is 2.73. The van der Waals surface area contributed by atoms with Crippen LogP contribution in [0.5, 0.6) is 0 Å². The third-order valence-corrected chi connectivity index (χ3v) is 4.39. The third-order valence-electron chi connectivity index (χ3n) is 4.39. The normalized spacial score (nSPS) is 33.6. The Morgan fingerprint density at radius 2 is 1.60 bits per heavy atom. The highest BCUT2D eigenvalue weighted by molar-refractivity contribution is 4.96. The van der Waals surface area contributed by atoms with Gasteiger partial charge in [0.05, 0.1) is 0 Å². The van der Waals surface area contributed by atoms with Crippen LogP contribution in [0.4, 0.5) is 0 Å². The molecule has 0 radical (unpaired) electrons. The van der Waals surface area contributed by atoms with Gasteiger partial charge in [-0.25, -0.2) is 0 Å². The molecule has 2 aliphatic heterocycles. The highest BCUT2D eigenvalue weighted by atomic mass is 15.3. The van der Waals surface area contributed by atoms with Gasteiger partial charge in [0.2, 0.25) is 0 Å². The Bertz CT molecular complexity index is 211. The van der Waals surface area contributed by atoms with Gasteiger partial charge in [-0.1, -0.05) is 13.3 Å². The molecule has 0 spiro atoms. The van der Waals surface area contributed by atoms with Crippen molar-refractivity contribution >= 4 is 0 Å². The summed E-state index contributed by atoms with van der Waals surface area (Å²) >= 11 is 0. The second-order valence-electron chi connectivity index (χ2n) is 6.21. The SMILES string of the molecule is CCCC(C)(C)N1CC2CN(C)CC2C1. The molecule has 2 heteroatoms. The van der Waals surface area contributed by atoms with Crippen molar-refractivity contribution in [2.75, 3.05) is 33.2 Å². The van der Waals surface area contributed by atoms with Crippen molar-refractivity contribution in [1.29, 1.82) is 0 Å². The first kappa shape index (κ1) is 11.4. The first-order valence-corrected chi connectivity index (χ1v) is 6.46. The van der Waals surface area contributed by atoms with E-state index in [1.165, 1.54) is 39.0 Å². The molecule has 0 amide bonds. The van der Waals surface area contributed by atoms with E-state index in [-0.39, 0.29) is 0 Å². The fourth-order valence-electron chi connectivity index (χ4n) is 3.49. The fourth-order valence-corrected chi connectivity index (χ4v) is 3.49. The van der Waals surface area contributed by atoms with Gasteiger partial charge in [0.1, 0.15) is 0 Å². The van der Waals surface area contributed by atoms with Crippen LogP contribution in [-0.4, -0.2) is 48.6 Å². The standard InChI is InChI=1S/C13H26N2/c1-5-6-13(2,3)15-9-11-7-14(4)8-12(11)10-15/h11-12H,5-10H2,1-4H3. The van der Waals surface area contributed by atoms with Gasteiger partial charge in [0, 0.05) is 31.7 Å². The van der Waals surface area contributed by atoms with Gasteiger partial charge in [-0.05, 0) is 39.2 Å². The zero-order valence-corrected chi connectivity index (χ0v) is 10.8. The summed E-state index contributed by atoms with van der Waals surface area (Å²) < 4.78 is 0. The number of fused-ring (bicyclic) bond motifs is 1. The highest BCUT2D eigenvalue weighted by Crippen LogP contribution is 2.35. The Balaban J connectivity index is 1.94. The smallest absolute Gasteiger partial charge is 0.0153 e. The molecule has 0 saturated carbocycles. The number of nitrogens with zero attached hydrogens (tertiary/aromatic N) is 2. The molecular weight excluding hydrogens is 184 g/mol. The lowest BCUT2D eigenvalue weighted by molar-refractivity contribution is 0.125. The minimum absolute atomic E-state index is 0.428. The lowest BCUT2D eigenvalue weighted by Crippen LogP contribution is -2.43. The maximum absolute atomic E-state index is 2.73. The first-order valence-electron chi connectivity index (χ1n) is 6.46. The van der Waals surface area contributed by atoms with Gasteiger partial charge in [0.25, 0.3) is 0 Å². The van der Waals surface area contributed by atoms with Crippen LogP contribution < -0.4 is 0 Å². The molecule has 0 bridgehead atoms. The van der Waals surface area contributed by atoms with Gasteiger partial charge in [-0.3, -0.25) is 4.90 Å². The molecule has 0 aromatic rings. The van der Waals surface area contributed by atoms with E-state index in [4.69, 9.17) is 0 Å². The molecule has 2 saturated heterocycles. The van der Waals surface area contributed by atoms with Crippen molar-refractivity contribution in [2.24, 2.45) is 11.8 Å². The zero-order chi connectivity index (χ0) is 11.1. The predicted octanol–water partition coefficient (Wildman–Crippen LogP) is 2.06. The molecule has 2 atom stereocenters.